The van der Waals surface area contributed by atoms with Crippen LogP contribution < -0.4 is 0 Å². The molecule has 0 spiro atoms. The fraction of sp³-hybridized carbons (Fsp3) is 0. The van der Waals surface area contributed by atoms with Crippen molar-refractivity contribution in [2.24, 2.45) is 0 Å². The first-order chi connectivity index (χ1) is 6.29. The molecule has 13 heavy (non-hydrogen) atoms. The number of ether oxygens (including phenoxy) is 1. The van der Waals surface area contributed by atoms with Crippen LogP contribution in [0.25, 0.3) is 0 Å². The molecule has 1 aromatic rings. The highest BCUT2D eigenvalue weighted by atomic mass is 16.5. The van der Waals surface area contributed by atoms with Crippen LogP contribution in [0.2, 0.25) is 0 Å². The lowest BCUT2D eigenvalue weighted by molar-refractivity contribution is -0.121. The third-order valence-corrected chi connectivity index (χ3v) is 1.50. The van der Waals surface area contributed by atoms with Crippen molar-refractivity contribution in [1.29, 1.82) is 5.41 Å². The molecule has 0 aliphatic rings. The lowest BCUT2D eigenvalue weighted by atomic mass is 10.1. The van der Waals surface area contributed by atoms with Crippen molar-refractivity contribution in [3.8, 4) is 0 Å². The predicted octanol–water partition coefficient (Wildman–Crippen LogP) is 0.997. The monoisotopic (exact) mass is 177 g/mol. The molecule has 0 atom stereocenters. The Bertz CT molecular complexity index is 346. The second-order valence-electron chi connectivity index (χ2n) is 2.25. The zero-order chi connectivity index (χ0) is 9.68. The molecule has 0 saturated heterocycles. The normalized spacial score (nSPS) is 8.92. The van der Waals surface area contributed by atoms with Crippen LogP contribution in [0, 0.1) is 5.41 Å². The number of nitrogens with one attached hydrogen (secondary N) is 1. The molecule has 0 aliphatic carbocycles. The lowest BCUT2D eigenvalue weighted by Crippen LogP contribution is -2.06. The zero-order valence-corrected chi connectivity index (χ0v) is 6.69. The highest BCUT2D eigenvalue weighted by Gasteiger charge is 2.06. The number of carbonyl (C=O) groups excluding carboxylic acids is 2. The molecular weight excluding hydrogens is 170 g/mol. The van der Waals surface area contributed by atoms with Crippen LogP contribution in [0.5, 0.6) is 0 Å². The molecule has 0 aromatic heterocycles. The molecular formula is C9H7NO3. The molecule has 0 unspecified atom stereocenters. The number of hydrogen-bond acceptors (Lipinski definition) is 4. The summed E-state index contributed by atoms with van der Waals surface area (Å²) in [6, 6.07) is 6.41. The Morgan fingerprint density at radius 3 is 2.62 bits per heavy atom. The van der Waals surface area contributed by atoms with Gasteiger partial charge in [-0.2, -0.15) is 0 Å². The third-order valence-electron chi connectivity index (χ3n) is 1.50. The Labute approximate surface area is 74.6 Å². The molecule has 0 radical (unpaired) electrons. The molecule has 66 valence electrons. The molecule has 1 N–H and O–H groups in total. The number of aldehydes is 1. The van der Waals surface area contributed by atoms with Crippen LogP contribution in [0.4, 0.5) is 0 Å². The van der Waals surface area contributed by atoms with Crippen molar-refractivity contribution in [3.05, 3.63) is 35.4 Å². The van der Waals surface area contributed by atoms with E-state index in [1.807, 2.05) is 0 Å². The second-order valence-corrected chi connectivity index (χ2v) is 2.25. The number of hydrogen-bond donors (Lipinski definition) is 1. The zero-order valence-electron chi connectivity index (χ0n) is 6.69. The van der Waals surface area contributed by atoms with Gasteiger partial charge in [0.2, 0.25) is 5.90 Å². The Morgan fingerprint density at radius 2 is 2.00 bits per heavy atom. The Hall–Kier alpha value is -1.97. The molecule has 0 bridgehead atoms. The van der Waals surface area contributed by atoms with Crippen LogP contribution in [-0.4, -0.2) is 18.7 Å². The van der Waals surface area contributed by atoms with Gasteiger partial charge in [-0.25, -0.2) is 0 Å². The van der Waals surface area contributed by atoms with Gasteiger partial charge >= 0.3 is 0 Å². The van der Waals surface area contributed by atoms with E-state index >= 15 is 0 Å². The maximum atomic E-state index is 10.5. The fourth-order valence-corrected chi connectivity index (χ4v) is 0.918. The van der Waals surface area contributed by atoms with Gasteiger partial charge in [0, 0.05) is 11.1 Å². The maximum absolute atomic E-state index is 10.5. The molecule has 4 heteroatoms. The summed E-state index contributed by atoms with van der Waals surface area (Å²) in [6.45, 7) is 0.157. The molecule has 0 aliphatic heterocycles. The quantitative estimate of drug-likeness (QED) is 0.425. The summed E-state index contributed by atoms with van der Waals surface area (Å²) in [4.78, 5) is 20.4. The van der Waals surface area contributed by atoms with Gasteiger partial charge in [-0.15, -0.1) is 0 Å². The minimum atomic E-state index is -0.322. The van der Waals surface area contributed by atoms with Crippen molar-refractivity contribution in [3.63, 3.8) is 0 Å². The minimum absolute atomic E-state index is 0.157. The molecule has 0 saturated carbocycles. The Kier molecular flexibility index (Phi) is 2.92. The van der Waals surface area contributed by atoms with Crippen LogP contribution in [-0.2, 0) is 9.53 Å². The maximum Gasteiger partial charge on any atom is 0.299 e. The number of rotatable bonds is 3. The summed E-state index contributed by atoms with van der Waals surface area (Å²) in [6.07, 6.45) is 0.609. The summed E-state index contributed by atoms with van der Waals surface area (Å²) in [7, 11) is 0. The number of carbonyl (C=O) groups is 2. The van der Waals surface area contributed by atoms with E-state index in [1.165, 1.54) is 6.07 Å². The first kappa shape index (κ1) is 9.12. The predicted molar refractivity (Wildman–Crippen MR) is 45.8 cm³/mol. The summed E-state index contributed by atoms with van der Waals surface area (Å²) >= 11 is 0. The molecule has 0 fully saturated rings. The van der Waals surface area contributed by atoms with E-state index in [1.54, 1.807) is 18.2 Å². The molecule has 1 aromatic carbocycles. The fourth-order valence-electron chi connectivity index (χ4n) is 0.918. The molecule has 0 amide bonds. The van der Waals surface area contributed by atoms with Crippen LogP contribution in [0.1, 0.15) is 15.9 Å². The van der Waals surface area contributed by atoms with E-state index in [0.717, 1.165) is 0 Å². The lowest BCUT2D eigenvalue weighted by Gasteiger charge is -2.02. The van der Waals surface area contributed by atoms with Gasteiger partial charge in [-0.3, -0.25) is 15.0 Å². The van der Waals surface area contributed by atoms with Gasteiger partial charge < -0.3 is 4.74 Å². The van der Waals surface area contributed by atoms with Crippen molar-refractivity contribution < 1.29 is 14.3 Å². The topological polar surface area (TPSA) is 67.2 Å². The molecule has 1 rings (SSSR count). The first-order valence-electron chi connectivity index (χ1n) is 3.53. The van der Waals surface area contributed by atoms with Crippen molar-refractivity contribution in [1.82, 2.24) is 0 Å². The smallest absolute Gasteiger partial charge is 0.299 e. The first-order valence-corrected chi connectivity index (χ1v) is 3.53. The second kappa shape index (κ2) is 4.15. The van der Waals surface area contributed by atoms with E-state index in [4.69, 9.17) is 5.41 Å². The van der Waals surface area contributed by atoms with Gasteiger partial charge in [-0.05, 0) is 6.07 Å². The van der Waals surface area contributed by atoms with E-state index in [9.17, 15) is 9.59 Å². The summed E-state index contributed by atoms with van der Waals surface area (Å²) in [5.74, 6) is -0.322. The minimum Gasteiger partial charge on any atom is -0.410 e. The Balaban J connectivity index is 3.05. The standard InChI is InChI=1S/C9H7NO3/c10-9(13-6-12)8-4-2-1-3-7(8)5-11/h1-6,10H. The highest BCUT2D eigenvalue weighted by molar-refractivity contribution is 6.01. The van der Waals surface area contributed by atoms with Gasteiger partial charge in [0.15, 0.2) is 6.29 Å². The van der Waals surface area contributed by atoms with Gasteiger partial charge in [0.1, 0.15) is 0 Å². The van der Waals surface area contributed by atoms with Crippen molar-refractivity contribution >= 4 is 18.7 Å². The molecule has 4 nitrogen and oxygen atoms in total. The van der Waals surface area contributed by atoms with Crippen molar-refractivity contribution in [2.75, 3.05) is 0 Å². The molecule has 0 heterocycles. The van der Waals surface area contributed by atoms with E-state index < -0.39 is 0 Å². The van der Waals surface area contributed by atoms with Crippen molar-refractivity contribution in [2.45, 2.75) is 0 Å². The van der Waals surface area contributed by atoms with Crippen LogP contribution in [0.15, 0.2) is 24.3 Å². The van der Waals surface area contributed by atoms with Gasteiger partial charge in [0.25, 0.3) is 6.47 Å². The largest absolute Gasteiger partial charge is 0.410 e. The van der Waals surface area contributed by atoms with Crippen LogP contribution >= 0.6 is 0 Å². The summed E-state index contributed by atoms with van der Waals surface area (Å²) in [5, 5.41) is 7.26. The van der Waals surface area contributed by atoms with E-state index in [-0.39, 0.29) is 12.4 Å². The third kappa shape index (κ3) is 1.99. The summed E-state index contributed by atoms with van der Waals surface area (Å²) in [5.41, 5.74) is 0.638. The van der Waals surface area contributed by atoms with E-state index in [0.29, 0.717) is 17.4 Å². The van der Waals surface area contributed by atoms with E-state index in [2.05, 4.69) is 4.74 Å². The summed E-state index contributed by atoms with van der Waals surface area (Å²) < 4.78 is 4.31. The van der Waals surface area contributed by atoms with Crippen LogP contribution in [0.3, 0.4) is 0 Å². The van der Waals surface area contributed by atoms with Gasteiger partial charge in [-0.1, -0.05) is 18.2 Å². The van der Waals surface area contributed by atoms with Gasteiger partial charge in [0.05, 0.1) is 0 Å². The number of benzene rings is 1. The highest BCUT2D eigenvalue weighted by Crippen LogP contribution is 2.06. The average Bonchev–Trinajstić information content (AvgIpc) is 2.18. The SMILES string of the molecule is N=C(OC=O)c1ccccc1C=O. The average molecular weight is 177 g/mol. The Morgan fingerprint density at radius 1 is 1.31 bits per heavy atom.